The van der Waals surface area contributed by atoms with E-state index in [1.165, 1.54) is 19.1 Å². The predicted molar refractivity (Wildman–Crippen MR) is 142 cm³/mol. The SMILES string of the molecule is COC(=O)[C@@H](Cc1ccc(OC)c(Cl)c1)NC(=O)[C@@H]1Cc2ccccc2CN1C(=O)OCc1ccccc1. The van der Waals surface area contributed by atoms with Gasteiger partial charge in [0, 0.05) is 12.8 Å². The highest BCUT2D eigenvalue weighted by molar-refractivity contribution is 6.32. The first-order valence-electron chi connectivity index (χ1n) is 12.1. The number of hydrogen-bond donors (Lipinski definition) is 1. The minimum Gasteiger partial charge on any atom is -0.495 e. The molecule has 0 radical (unpaired) electrons. The number of hydrogen-bond acceptors (Lipinski definition) is 6. The molecule has 0 bridgehead atoms. The van der Waals surface area contributed by atoms with Crippen LogP contribution in [0.1, 0.15) is 22.3 Å². The minimum absolute atomic E-state index is 0.0785. The molecule has 0 aliphatic carbocycles. The zero-order valence-electron chi connectivity index (χ0n) is 21.2. The number of halogens is 1. The molecular formula is C29H29ClN2O6. The highest BCUT2D eigenvalue weighted by Gasteiger charge is 2.37. The van der Waals surface area contributed by atoms with Crippen LogP contribution < -0.4 is 10.1 Å². The van der Waals surface area contributed by atoms with Crippen LogP contribution in [0.25, 0.3) is 0 Å². The summed E-state index contributed by atoms with van der Waals surface area (Å²) >= 11 is 6.24. The first-order chi connectivity index (χ1) is 18.4. The first kappa shape index (κ1) is 27.0. The summed E-state index contributed by atoms with van der Waals surface area (Å²) in [5.74, 6) is -0.592. The average Bonchev–Trinajstić information content (AvgIpc) is 2.95. The van der Waals surface area contributed by atoms with Gasteiger partial charge in [-0.2, -0.15) is 0 Å². The Bertz CT molecular complexity index is 1300. The molecule has 0 fully saturated rings. The molecule has 3 aromatic rings. The molecule has 0 unspecified atom stereocenters. The molecule has 198 valence electrons. The number of ether oxygens (including phenoxy) is 3. The summed E-state index contributed by atoms with van der Waals surface area (Å²) in [6, 6.07) is 20.2. The number of rotatable bonds is 8. The number of benzene rings is 3. The average molecular weight is 537 g/mol. The Morgan fingerprint density at radius 1 is 0.974 bits per heavy atom. The maximum absolute atomic E-state index is 13.6. The van der Waals surface area contributed by atoms with E-state index in [1.54, 1.807) is 18.2 Å². The lowest BCUT2D eigenvalue weighted by molar-refractivity contribution is -0.145. The van der Waals surface area contributed by atoms with Gasteiger partial charge >= 0.3 is 12.1 Å². The molecule has 0 aromatic heterocycles. The van der Waals surface area contributed by atoms with Crippen LogP contribution in [0, 0.1) is 0 Å². The van der Waals surface area contributed by atoms with Gasteiger partial charge in [-0.05, 0) is 34.4 Å². The van der Waals surface area contributed by atoms with E-state index in [2.05, 4.69) is 5.32 Å². The summed E-state index contributed by atoms with van der Waals surface area (Å²) in [6.07, 6.45) is -0.186. The van der Waals surface area contributed by atoms with Gasteiger partial charge in [-0.3, -0.25) is 9.69 Å². The number of nitrogens with zero attached hydrogens (tertiary/aromatic N) is 1. The minimum atomic E-state index is -0.990. The smallest absolute Gasteiger partial charge is 0.411 e. The second-order valence-electron chi connectivity index (χ2n) is 8.91. The fraction of sp³-hybridized carbons (Fsp3) is 0.276. The number of nitrogens with one attached hydrogen (secondary N) is 1. The quantitative estimate of drug-likeness (QED) is 0.431. The highest BCUT2D eigenvalue weighted by Crippen LogP contribution is 2.27. The van der Waals surface area contributed by atoms with E-state index in [4.69, 9.17) is 25.8 Å². The third-order valence-corrected chi connectivity index (χ3v) is 6.74. The Balaban J connectivity index is 1.53. The monoisotopic (exact) mass is 536 g/mol. The highest BCUT2D eigenvalue weighted by atomic mass is 35.5. The number of esters is 1. The van der Waals surface area contributed by atoms with Crippen molar-refractivity contribution in [2.24, 2.45) is 0 Å². The zero-order valence-corrected chi connectivity index (χ0v) is 21.9. The fourth-order valence-corrected chi connectivity index (χ4v) is 4.71. The summed E-state index contributed by atoms with van der Waals surface area (Å²) in [6.45, 7) is 0.286. The standard InChI is InChI=1S/C29H29ClN2O6/c1-36-26-13-12-20(14-23(26)30)15-24(28(34)37-2)31-27(33)25-16-21-10-6-7-11-22(21)17-32(25)29(35)38-18-19-8-4-3-5-9-19/h3-14,24-25H,15-18H2,1-2H3,(H,31,33)/t24-,25+/m1/s1. The predicted octanol–water partition coefficient (Wildman–Crippen LogP) is 4.31. The van der Waals surface area contributed by atoms with Gasteiger partial charge in [-0.1, -0.05) is 72.3 Å². The summed E-state index contributed by atoms with van der Waals surface area (Å²) < 4.78 is 15.7. The molecule has 8 nitrogen and oxygen atoms in total. The topological polar surface area (TPSA) is 94.2 Å². The van der Waals surface area contributed by atoms with Crippen molar-refractivity contribution in [3.63, 3.8) is 0 Å². The van der Waals surface area contributed by atoms with E-state index in [1.807, 2.05) is 54.6 Å². The number of carbonyl (C=O) groups is 3. The molecule has 1 aliphatic rings. The Morgan fingerprint density at radius 3 is 2.37 bits per heavy atom. The van der Waals surface area contributed by atoms with Crippen LogP contribution in [0.4, 0.5) is 4.79 Å². The van der Waals surface area contributed by atoms with Crippen molar-refractivity contribution in [1.29, 1.82) is 0 Å². The van der Waals surface area contributed by atoms with Gasteiger partial charge in [-0.15, -0.1) is 0 Å². The van der Waals surface area contributed by atoms with Crippen LogP contribution in [-0.4, -0.2) is 49.2 Å². The van der Waals surface area contributed by atoms with Crippen molar-refractivity contribution < 1.29 is 28.6 Å². The summed E-state index contributed by atoms with van der Waals surface area (Å²) in [4.78, 5) is 40.8. The largest absolute Gasteiger partial charge is 0.495 e. The van der Waals surface area contributed by atoms with Crippen molar-refractivity contribution in [2.75, 3.05) is 14.2 Å². The van der Waals surface area contributed by atoms with E-state index in [9.17, 15) is 14.4 Å². The van der Waals surface area contributed by atoms with Crippen LogP contribution in [0.3, 0.4) is 0 Å². The number of methoxy groups -OCH3 is 2. The lowest BCUT2D eigenvalue weighted by Gasteiger charge is -2.35. The molecule has 1 N–H and O–H groups in total. The molecule has 0 saturated carbocycles. The van der Waals surface area contributed by atoms with E-state index in [0.717, 1.165) is 16.7 Å². The molecule has 1 heterocycles. The fourth-order valence-electron chi connectivity index (χ4n) is 4.43. The van der Waals surface area contributed by atoms with Crippen LogP contribution in [0.5, 0.6) is 5.75 Å². The van der Waals surface area contributed by atoms with Gasteiger partial charge in [0.25, 0.3) is 0 Å². The van der Waals surface area contributed by atoms with Crippen LogP contribution >= 0.6 is 11.6 Å². The molecule has 2 amide bonds. The molecule has 1 aliphatic heterocycles. The molecule has 3 aromatic carbocycles. The second-order valence-corrected chi connectivity index (χ2v) is 9.32. The van der Waals surface area contributed by atoms with Crippen molar-refractivity contribution in [1.82, 2.24) is 10.2 Å². The molecule has 9 heteroatoms. The normalized spacial score (nSPS) is 15.1. The third kappa shape index (κ3) is 6.44. The number of fused-ring (bicyclic) bond motifs is 1. The van der Waals surface area contributed by atoms with Gasteiger partial charge in [0.05, 0.1) is 25.8 Å². The Kier molecular flexibility index (Phi) is 8.86. The van der Waals surface area contributed by atoms with Crippen molar-refractivity contribution in [3.05, 3.63) is 100 Å². The van der Waals surface area contributed by atoms with Gasteiger partial charge in [0.1, 0.15) is 24.4 Å². The third-order valence-electron chi connectivity index (χ3n) is 6.45. The number of amides is 2. The van der Waals surface area contributed by atoms with Gasteiger partial charge < -0.3 is 19.5 Å². The molecule has 38 heavy (non-hydrogen) atoms. The number of carbonyl (C=O) groups excluding carboxylic acids is 3. The van der Waals surface area contributed by atoms with E-state index in [-0.39, 0.29) is 26.0 Å². The van der Waals surface area contributed by atoms with E-state index >= 15 is 0 Å². The van der Waals surface area contributed by atoms with E-state index in [0.29, 0.717) is 16.3 Å². The summed E-state index contributed by atoms with van der Waals surface area (Å²) in [5, 5.41) is 3.17. The Hall–Kier alpha value is -4.04. The Morgan fingerprint density at radius 2 is 1.68 bits per heavy atom. The molecule has 2 atom stereocenters. The van der Waals surface area contributed by atoms with Crippen LogP contribution in [-0.2, 0) is 45.1 Å². The molecular weight excluding hydrogens is 508 g/mol. The molecule has 0 spiro atoms. The summed E-state index contributed by atoms with van der Waals surface area (Å²) in [7, 11) is 2.77. The van der Waals surface area contributed by atoms with Gasteiger partial charge in [-0.25, -0.2) is 9.59 Å². The van der Waals surface area contributed by atoms with Crippen LogP contribution in [0.2, 0.25) is 5.02 Å². The van der Waals surface area contributed by atoms with Crippen molar-refractivity contribution in [2.45, 2.75) is 38.1 Å². The second kappa shape index (κ2) is 12.5. The van der Waals surface area contributed by atoms with Gasteiger partial charge in [0.15, 0.2) is 0 Å². The molecule has 4 rings (SSSR count). The van der Waals surface area contributed by atoms with Crippen molar-refractivity contribution >= 4 is 29.6 Å². The van der Waals surface area contributed by atoms with E-state index < -0.39 is 30.1 Å². The maximum Gasteiger partial charge on any atom is 0.411 e. The van der Waals surface area contributed by atoms with Crippen molar-refractivity contribution in [3.8, 4) is 5.75 Å². The van der Waals surface area contributed by atoms with Crippen LogP contribution in [0.15, 0.2) is 72.8 Å². The zero-order chi connectivity index (χ0) is 27.1. The lowest BCUT2D eigenvalue weighted by atomic mass is 9.93. The Labute approximate surface area is 226 Å². The maximum atomic E-state index is 13.6. The lowest BCUT2D eigenvalue weighted by Crippen LogP contribution is -2.56. The summed E-state index contributed by atoms with van der Waals surface area (Å²) in [5.41, 5.74) is 3.43. The first-order valence-corrected chi connectivity index (χ1v) is 12.5. The van der Waals surface area contributed by atoms with Gasteiger partial charge in [0.2, 0.25) is 5.91 Å². The molecule has 0 saturated heterocycles.